The van der Waals surface area contributed by atoms with Gasteiger partial charge in [0, 0.05) is 11.1 Å². The van der Waals surface area contributed by atoms with Gasteiger partial charge in [-0.2, -0.15) is 0 Å². The Hall–Kier alpha value is -1.53. The third kappa shape index (κ3) is 7.00. The number of hydrogen-bond acceptors (Lipinski definition) is 3. The lowest BCUT2D eigenvalue weighted by atomic mass is 10.00. The average molecular weight is 485 g/mol. The summed E-state index contributed by atoms with van der Waals surface area (Å²) in [7, 11) is 0. The molecule has 2 aromatic rings. The minimum Gasteiger partial charge on any atom is -0.463 e. The minimum absolute atomic E-state index is 0.293. The second-order valence-corrected chi connectivity index (χ2v) is 7.16. The van der Waals surface area contributed by atoms with Crippen LogP contribution in [0.2, 0.25) is 5.02 Å². The summed E-state index contributed by atoms with van der Waals surface area (Å²) < 4.78 is 12.0. The van der Waals surface area contributed by atoms with Crippen molar-refractivity contribution in [2.75, 3.05) is 11.0 Å². The molecule has 0 fully saturated rings. The Bertz CT molecular complexity index is 724. The van der Waals surface area contributed by atoms with E-state index in [4.69, 9.17) is 21.1 Å². The first-order valence-electron chi connectivity index (χ1n) is 8.59. The Kier molecular flexibility index (Phi) is 8.98. The third-order valence-corrected chi connectivity index (χ3v) is 4.70. The lowest BCUT2D eigenvalue weighted by Gasteiger charge is -2.10. The number of rotatable bonds is 9. The summed E-state index contributed by atoms with van der Waals surface area (Å²) in [6.45, 7) is 2.19. The Labute approximate surface area is 173 Å². The molecule has 3 nitrogen and oxygen atoms in total. The fraction of sp³-hybridized carbons (Fsp3) is 0.286. The SMILES string of the molecule is CCOC(=O)C=C(CCCCI)c1ccc(Oc2ccc(Cl)cc2)cc1. The third-order valence-electron chi connectivity index (χ3n) is 3.68. The van der Waals surface area contributed by atoms with Gasteiger partial charge in [0.1, 0.15) is 11.5 Å². The molecule has 0 amide bonds. The number of esters is 1. The summed E-state index contributed by atoms with van der Waals surface area (Å²) >= 11 is 8.25. The van der Waals surface area contributed by atoms with Gasteiger partial charge in [0.15, 0.2) is 0 Å². The van der Waals surface area contributed by atoms with Gasteiger partial charge in [-0.25, -0.2) is 4.79 Å². The highest BCUT2D eigenvalue weighted by Crippen LogP contribution is 2.27. The van der Waals surface area contributed by atoms with Crippen molar-refractivity contribution in [1.29, 1.82) is 0 Å². The molecule has 0 spiro atoms. The fourth-order valence-corrected chi connectivity index (χ4v) is 3.08. The van der Waals surface area contributed by atoms with E-state index in [0.717, 1.165) is 46.3 Å². The molecule has 0 aromatic heterocycles. The zero-order chi connectivity index (χ0) is 18.8. The van der Waals surface area contributed by atoms with E-state index in [1.165, 1.54) is 0 Å². The highest BCUT2D eigenvalue weighted by Gasteiger charge is 2.07. The van der Waals surface area contributed by atoms with Crippen LogP contribution in [0.1, 0.15) is 31.7 Å². The normalized spacial score (nSPS) is 11.3. The maximum Gasteiger partial charge on any atom is 0.331 e. The van der Waals surface area contributed by atoms with Crippen LogP contribution in [0.3, 0.4) is 0 Å². The van der Waals surface area contributed by atoms with Crippen LogP contribution < -0.4 is 4.74 Å². The van der Waals surface area contributed by atoms with E-state index in [1.807, 2.05) is 43.3 Å². The van der Waals surface area contributed by atoms with Crippen LogP contribution in [-0.4, -0.2) is 17.0 Å². The number of halogens is 2. The monoisotopic (exact) mass is 484 g/mol. The number of carbonyl (C=O) groups is 1. The first-order valence-corrected chi connectivity index (χ1v) is 10.5. The molecule has 0 aliphatic rings. The van der Waals surface area contributed by atoms with Gasteiger partial charge in [-0.05, 0) is 78.1 Å². The second kappa shape index (κ2) is 11.2. The zero-order valence-electron chi connectivity index (χ0n) is 14.7. The van der Waals surface area contributed by atoms with Crippen molar-refractivity contribution in [1.82, 2.24) is 0 Å². The van der Waals surface area contributed by atoms with Crippen LogP contribution in [0, 0.1) is 0 Å². The summed E-state index contributed by atoms with van der Waals surface area (Å²) in [6.07, 6.45) is 4.61. The molecular formula is C21H22ClIO3. The van der Waals surface area contributed by atoms with Crippen molar-refractivity contribution < 1.29 is 14.3 Å². The second-order valence-electron chi connectivity index (χ2n) is 5.65. The summed E-state index contributed by atoms with van der Waals surface area (Å²) in [5.41, 5.74) is 2.00. The Morgan fingerprint density at radius 2 is 1.65 bits per heavy atom. The van der Waals surface area contributed by atoms with E-state index in [1.54, 1.807) is 18.2 Å². The largest absolute Gasteiger partial charge is 0.463 e. The number of alkyl halides is 1. The molecule has 0 radical (unpaired) electrons. The number of allylic oxidation sites excluding steroid dienone is 1. The van der Waals surface area contributed by atoms with Gasteiger partial charge in [-0.1, -0.05) is 46.3 Å². The molecule has 5 heteroatoms. The molecule has 0 unspecified atom stereocenters. The first kappa shape index (κ1) is 20.8. The Morgan fingerprint density at radius 3 is 2.23 bits per heavy atom. The van der Waals surface area contributed by atoms with Gasteiger partial charge in [0.05, 0.1) is 6.61 Å². The topological polar surface area (TPSA) is 35.5 Å². The van der Waals surface area contributed by atoms with Gasteiger partial charge in [-0.15, -0.1) is 0 Å². The fourth-order valence-electron chi connectivity index (χ4n) is 2.41. The van der Waals surface area contributed by atoms with E-state index in [-0.39, 0.29) is 5.97 Å². The molecule has 0 aliphatic carbocycles. The average Bonchev–Trinajstić information content (AvgIpc) is 2.64. The van der Waals surface area contributed by atoms with Crippen LogP contribution in [0.4, 0.5) is 0 Å². The zero-order valence-corrected chi connectivity index (χ0v) is 17.6. The Balaban J connectivity index is 2.12. The predicted octanol–water partition coefficient (Wildman–Crippen LogP) is 6.68. The molecule has 26 heavy (non-hydrogen) atoms. The van der Waals surface area contributed by atoms with E-state index in [2.05, 4.69) is 22.6 Å². The summed E-state index contributed by atoms with van der Waals surface area (Å²) in [5.74, 6) is 1.17. The van der Waals surface area contributed by atoms with Crippen molar-refractivity contribution in [3.05, 3.63) is 65.2 Å². The van der Waals surface area contributed by atoms with Crippen molar-refractivity contribution in [3.63, 3.8) is 0 Å². The van der Waals surface area contributed by atoms with Crippen LogP contribution in [0.15, 0.2) is 54.6 Å². The molecule has 138 valence electrons. The predicted molar refractivity (Wildman–Crippen MR) is 115 cm³/mol. The van der Waals surface area contributed by atoms with Crippen molar-refractivity contribution in [2.24, 2.45) is 0 Å². The molecule has 0 atom stereocenters. The summed E-state index contributed by atoms with van der Waals surface area (Å²) in [6, 6.07) is 15.0. The van der Waals surface area contributed by atoms with Gasteiger partial charge in [-0.3, -0.25) is 0 Å². The molecular weight excluding hydrogens is 463 g/mol. The lowest BCUT2D eigenvalue weighted by Crippen LogP contribution is -2.01. The molecule has 2 rings (SSSR count). The molecule has 0 aliphatic heterocycles. The molecule has 0 bridgehead atoms. The van der Waals surface area contributed by atoms with Crippen LogP contribution >= 0.6 is 34.2 Å². The van der Waals surface area contributed by atoms with E-state index in [0.29, 0.717) is 11.6 Å². The van der Waals surface area contributed by atoms with E-state index >= 15 is 0 Å². The van der Waals surface area contributed by atoms with Gasteiger partial charge in [0.2, 0.25) is 0 Å². The first-order chi connectivity index (χ1) is 12.6. The maximum atomic E-state index is 11.9. The number of unbranched alkanes of at least 4 members (excludes halogenated alkanes) is 1. The number of ether oxygens (including phenoxy) is 2. The number of benzene rings is 2. The summed E-state index contributed by atoms with van der Waals surface area (Å²) in [5, 5.41) is 0.674. The highest BCUT2D eigenvalue weighted by atomic mass is 127. The molecule has 0 N–H and O–H groups in total. The Morgan fingerprint density at radius 1 is 1.04 bits per heavy atom. The van der Waals surface area contributed by atoms with Gasteiger partial charge >= 0.3 is 5.97 Å². The van der Waals surface area contributed by atoms with Crippen molar-refractivity contribution in [2.45, 2.75) is 26.2 Å². The van der Waals surface area contributed by atoms with E-state index in [9.17, 15) is 4.79 Å². The van der Waals surface area contributed by atoms with Crippen LogP contribution in [0.5, 0.6) is 11.5 Å². The lowest BCUT2D eigenvalue weighted by molar-refractivity contribution is -0.137. The van der Waals surface area contributed by atoms with Crippen molar-refractivity contribution >= 4 is 45.7 Å². The molecule has 0 saturated heterocycles. The smallest absolute Gasteiger partial charge is 0.331 e. The molecule has 0 heterocycles. The molecule has 0 saturated carbocycles. The van der Waals surface area contributed by atoms with Crippen molar-refractivity contribution in [3.8, 4) is 11.5 Å². The van der Waals surface area contributed by atoms with Gasteiger partial charge < -0.3 is 9.47 Å². The van der Waals surface area contributed by atoms with Gasteiger partial charge in [0.25, 0.3) is 0 Å². The standard InChI is InChI=1S/C21H22ClIO3/c1-2-25-21(24)15-17(5-3-4-14-23)16-6-10-19(11-7-16)26-20-12-8-18(22)9-13-20/h6-13,15H,2-5,14H2,1H3. The van der Waals surface area contributed by atoms with Crippen LogP contribution in [-0.2, 0) is 9.53 Å². The summed E-state index contributed by atoms with van der Waals surface area (Å²) in [4.78, 5) is 11.9. The quantitative estimate of drug-likeness (QED) is 0.131. The maximum absolute atomic E-state index is 11.9. The van der Waals surface area contributed by atoms with Crippen LogP contribution in [0.25, 0.3) is 5.57 Å². The molecule has 2 aromatic carbocycles. The highest BCUT2D eigenvalue weighted by molar-refractivity contribution is 14.1. The van der Waals surface area contributed by atoms with E-state index < -0.39 is 0 Å². The number of carbonyl (C=O) groups excluding carboxylic acids is 1. The number of hydrogen-bond donors (Lipinski definition) is 0. The minimum atomic E-state index is -0.293.